The molecule has 0 atom stereocenters. The van der Waals surface area contributed by atoms with Gasteiger partial charge in [0.05, 0.1) is 16.6 Å². The van der Waals surface area contributed by atoms with Crippen LogP contribution in [0, 0.1) is 5.82 Å². The lowest BCUT2D eigenvalue weighted by atomic mass is 9.90. The number of rotatable bonds is 2. The zero-order valence-corrected chi connectivity index (χ0v) is 17.4. The number of anilines is 2. The van der Waals surface area contributed by atoms with Crippen LogP contribution in [-0.2, 0) is 6.54 Å². The first-order chi connectivity index (χ1) is 13.9. The number of amides is 1. The molecule has 0 unspecified atom stereocenters. The second-order valence-corrected chi connectivity index (χ2v) is 8.20. The van der Waals surface area contributed by atoms with Crippen molar-refractivity contribution in [2.75, 3.05) is 24.3 Å². The molecule has 2 aromatic rings. The summed E-state index contributed by atoms with van der Waals surface area (Å²) in [6.45, 7) is 2.52. The third-order valence-corrected chi connectivity index (χ3v) is 6.62. The minimum atomic E-state index is -0.457. The lowest BCUT2D eigenvalue weighted by Crippen LogP contribution is -2.49. The molecule has 29 heavy (non-hydrogen) atoms. The van der Waals surface area contributed by atoms with E-state index in [1.165, 1.54) is 32.4 Å². The van der Waals surface area contributed by atoms with Gasteiger partial charge in [0.2, 0.25) is 5.43 Å². The van der Waals surface area contributed by atoms with Crippen molar-refractivity contribution in [2.45, 2.75) is 64.1 Å². The number of aryl methyl sites for hydroxylation is 1. The Balaban J connectivity index is 1.96. The molecule has 1 aliphatic heterocycles. The Hall–Kier alpha value is -2.57. The van der Waals surface area contributed by atoms with Gasteiger partial charge in [0.1, 0.15) is 22.7 Å². The summed E-state index contributed by atoms with van der Waals surface area (Å²) in [6, 6.07) is 1.30. The predicted molar refractivity (Wildman–Crippen MR) is 114 cm³/mol. The average Bonchev–Trinajstić information content (AvgIpc) is 2.99. The summed E-state index contributed by atoms with van der Waals surface area (Å²) in [7, 11) is 3.43. The lowest BCUT2D eigenvalue weighted by Gasteiger charge is -2.39. The summed E-state index contributed by atoms with van der Waals surface area (Å²) in [5.74, 6) is -0.878. The van der Waals surface area contributed by atoms with Gasteiger partial charge in [0.15, 0.2) is 0 Å². The second-order valence-electron chi connectivity index (χ2n) is 8.20. The van der Waals surface area contributed by atoms with Crippen molar-refractivity contribution < 1.29 is 9.18 Å². The summed E-state index contributed by atoms with van der Waals surface area (Å²) >= 11 is 0. The van der Waals surface area contributed by atoms with Gasteiger partial charge in [-0.25, -0.2) is 4.39 Å². The molecular formula is C22H29FN4O2. The molecule has 1 amide bonds. The van der Waals surface area contributed by atoms with Crippen LogP contribution in [0.15, 0.2) is 17.1 Å². The van der Waals surface area contributed by atoms with Crippen molar-refractivity contribution in [3.63, 3.8) is 0 Å². The maximum atomic E-state index is 15.3. The Morgan fingerprint density at radius 2 is 1.90 bits per heavy atom. The zero-order valence-electron chi connectivity index (χ0n) is 17.4. The summed E-state index contributed by atoms with van der Waals surface area (Å²) in [6.07, 6.45) is 9.27. The molecule has 2 heterocycles. The SMILES string of the molecule is CCn1cc(C(=O)NC)c(=O)c2cc(F)c3c(c21)NC1(CCCCCCC1)N3C. The first kappa shape index (κ1) is 19.7. The largest absolute Gasteiger partial charge is 0.359 e. The number of fused-ring (bicyclic) bond motifs is 3. The number of pyridine rings is 1. The number of carbonyl (C=O) groups excluding carboxylic acids is 1. The van der Waals surface area contributed by atoms with Gasteiger partial charge in [-0.3, -0.25) is 9.59 Å². The average molecular weight is 400 g/mol. The number of hydrogen-bond acceptors (Lipinski definition) is 4. The first-order valence-electron chi connectivity index (χ1n) is 10.6. The van der Waals surface area contributed by atoms with Crippen molar-refractivity contribution in [1.82, 2.24) is 9.88 Å². The summed E-state index contributed by atoms with van der Waals surface area (Å²) in [5, 5.41) is 6.39. The normalized spacial score (nSPS) is 18.3. The number of carbonyl (C=O) groups is 1. The molecule has 1 aromatic carbocycles. The van der Waals surface area contributed by atoms with E-state index in [0.717, 1.165) is 25.7 Å². The molecule has 2 aliphatic rings. The molecule has 4 rings (SSSR count). The number of aromatic nitrogens is 1. The van der Waals surface area contributed by atoms with Crippen LogP contribution in [0.5, 0.6) is 0 Å². The first-order valence-corrected chi connectivity index (χ1v) is 10.6. The molecule has 7 heteroatoms. The van der Waals surface area contributed by atoms with E-state index in [4.69, 9.17) is 0 Å². The molecule has 2 N–H and O–H groups in total. The van der Waals surface area contributed by atoms with E-state index in [0.29, 0.717) is 23.4 Å². The van der Waals surface area contributed by atoms with Crippen LogP contribution < -0.4 is 21.0 Å². The van der Waals surface area contributed by atoms with Gasteiger partial charge in [0.25, 0.3) is 5.91 Å². The van der Waals surface area contributed by atoms with Crippen LogP contribution in [0.3, 0.4) is 0 Å². The maximum Gasteiger partial charge on any atom is 0.256 e. The molecular weight excluding hydrogens is 371 g/mol. The standard InChI is InChI=1S/C22H29FN4O2/c1-4-27-13-15(21(29)24-2)20(28)14-12-16(23)19-17(18(14)27)25-22(26(19)3)10-8-6-5-7-9-11-22/h12-13,25H,4-11H2,1-3H3,(H,24,29). The minimum absolute atomic E-state index is 0.0354. The van der Waals surface area contributed by atoms with Crippen LogP contribution in [0.25, 0.3) is 10.9 Å². The van der Waals surface area contributed by atoms with E-state index in [1.54, 1.807) is 6.20 Å². The fraction of sp³-hybridized carbons (Fsp3) is 0.545. The van der Waals surface area contributed by atoms with Gasteiger partial charge in [-0.2, -0.15) is 0 Å². The monoisotopic (exact) mass is 400 g/mol. The molecule has 1 aliphatic carbocycles. The molecule has 1 aromatic heterocycles. The fourth-order valence-corrected chi connectivity index (χ4v) is 5.00. The molecule has 1 spiro atoms. The van der Waals surface area contributed by atoms with Gasteiger partial charge >= 0.3 is 0 Å². The Labute approximate surface area is 170 Å². The Bertz CT molecular complexity index is 1020. The zero-order chi connectivity index (χ0) is 20.8. The van der Waals surface area contributed by atoms with E-state index in [1.807, 2.05) is 23.4 Å². The topological polar surface area (TPSA) is 66.4 Å². The summed E-state index contributed by atoms with van der Waals surface area (Å²) in [5.41, 5.74) is 1.14. The summed E-state index contributed by atoms with van der Waals surface area (Å²) < 4.78 is 17.2. The highest BCUT2D eigenvalue weighted by Crippen LogP contribution is 2.48. The van der Waals surface area contributed by atoms with Crippen LogP contribution in [0.4, 0.5) is 15.8 Å². The maximum absolute atomic E-state index is 15.3. The highest BCUT2D eigenvalue weighted by molar-refractivity contribution is 6.04. The minimum Gasteiger partial charge on any atom is -0.359 e. The van der Waals surface area contributed by atoms with Gasteiger partial charge in [0, 0.05) is 26.8 Å². The fourth-order valence-electron chi connectivity index (χ4n) is 5.00. The van der Waals surface area contributed by atoms with E-state index in [9.17, 15) is 9.59 Å². The third-order valence-electron chi connectivity index (χ3n) is 6.62. The van der Waals surface area contributed by atoms with Gasteiger partial charge < -0.3 is 20.1 Å². The van der Waals surface area contributed by atoms with Crippen molar-refractivity contribution in [1.29, 1.82) is 0 Å². The third kappa shape index (κ3) is 2.98. The van der Waals surface area contributed by atoms with E-state index >= 15 is 4.39 Å². The Kier molecular flexibility index (Phi) is 5.00. The van der Waals surface area contributed by atoms with Crippen LogP contribution >= 0.6 is 0 Å². The number of halogens is 1. The van der Waals surface area contributed by atoms with Crippen LogP contribution in [0.2, 0.25) is 0 Å². The Morgan fingerprint density at radius 1 is 1.24 bits per heavy atom. The number of benzene rings is 1. The summed E-state index contributed by atoms with van der Waals surface area (Å²) in [4.78, 5) is 27.2. The molecule has 1 saturated carbocycles. The van der Waals surface area contributed by atoms with Crippen molar-refractivity contribution in [2.24, 2.45) is 0 Å². The molecule has 156 valence electrons. The van der Waals surface area contributed by atoms with Gasteiger partial charge in [-0.15, -0.1) is 0 Å². The number of hydrogen-bond donors (Lipinski definition) is 2. The van der Waals surface area contributed by atoms with Crippen LogP contribution in [0.1, 0.15) is 62.2 Å². The predicted octanol–water partition coefficient (Wildman–Crippen LogP) is 3.82. The smallest absolute Gasteiger partial charge is 0.256 e. The van der Waals surface area contributed by atoms with Crippen LogP contribution in [-0.4, -0.2) is 30.2 Å². The molecule has 1 fully saturated rings. The molecule has 0 saturated heterocycles. The van der Waals surface area contributed by atoms with E-state index < -0.39 is 17.2 Å². The lowest BCUT2D eigenvalue weighted by molar-refractivity contribution is 0.0961. The van der Waals surface area contributed by atoms with E-state index in [-0.39, 0.29) is 16.6 Å². The number of nitrogens with one attached hydrogen (secondary N) is 2. The van der Waals surface area contributed by atoms with Gasteiger partial charge in [-0.05, 0) is 38.7 Å². The van der Waals surface area contributed by atoms with Crippen molar-refractivity contribution >= 4 is 28.2 Å². The quantitative estimate of drug-likeness (QED) is 0.804. The molecule has 6 nitrogen and oxygen atoms in total. The van der Waals surface area contributed by atoms with Crippen molar-refractivity contribution in [3.8, 4) is 0 Å². The molecule has 0 bridgehead atoms. The molecule has 0 radical (unpaired) electrons. The highest BCUT2D eigenvalue weighted by Gasteiger charge is 2.43. The highest BCUT2D eigenvalue weighted by atomic mass is 19.1. The second kappa shape index (κ2) is 7.35. The van der Waals surface area contributed by atoms with Crippen molar-refractivity contribution in [3.05, 3.63) is 33.9 Å². The van der Waals surface area contributed by atoms with E-state index in [2.05, 4.69) is 10.6 Å². The van der Waals surface area contributed by atoms with Gasteiger partial charge in [-0.1, -0.05) is 19.3 Å². The number of nitrogens with zero attached hydrogens (tertiary/aromatic N) is 2. The Morgan fingerprint density at radius 3 is 2.52 bits per heavy atom.